The molecular formula is C10H16N4O4S. The quantitative estimate of drug-likeness (QED) is 0.748. The lowest BCUT2D eigenvalue weighted by atomic mass is 10.2. The van der Waals surface area contributed by atoms with E-state index in [9.17, 15) is 13.2 Å². The number of sulfone groups is 1. The van der Waals surface area contributed by atoms with Crippen molar-refractivity contribution in [1.82, 2.24) is 19.9 Å². The summed E-state index contributed by atoms with van der Waals surface area (Å²) in [6, 6.07) is -0.502. The van der Waals surface area contributed by atoms with Crippen LogP contribution in [0.25, 0.3) is 0 Å². The van der Waals surface area contributed by atoms with Gasteiger partial charge in [-0.15, -0.1) is 5.10 Å². The highest BCUT2D eigenvalue weighted by atomic mass is 32.2. The first-order chi connectivity index (χ1) is 8.85. The van der Waals surface area contributed by atoms with E-state index >= 15 is 0 Å². The monoisotopic (exact) mass is 288 g/mol. The van der Waals surface area contributed by atoms with Gasteiger partial charge in [0.2, 0.25) is 0 Å². The van der Waals surface area contributed by atoms with Gasteiger partial charge in [-0.3, -0.25) is 14.4 Å². The Hall–Kier alpha value is -1.48. The lowest BCUT2D eigenvalue weighted by Crippen LogP contribution is -2.48. The molecule has 1 saturated heterocycles. The zero-order valence-corrected chi connectivity index (χ0v) is 11.4. The summed E-state index contributed by atoms with van der Waals surface area (Å²) >= 11 is 0. The predicted octanol–water partition coefficient (Wildman–Crippen LogP) is -1.11. The number of carboxylic acids is 1. The van der Waals surface area contributed by atoms with Gasteiger partial charge >= 0.3 is 5.97 Å². The molecule has 2 rings (SSSR count). The summed E-state index contributed by atoms with van der Waals surface area (Å²) in [6.45, 7) is 0.748. The SMILES string of the molecule is Cn1cc(CN2CCS(=O)(=O)CC2CC(=O)O)nn1. The molecule has 1 aromatic heterocycles. The first-order valence-corrected chi connectivity index (χ1v) is 7.69. The Morgan fingerprint density at radius 1 is 1.58 bits per heavy atom. The predicted molar refractivity (Wildman–Crippen MR) is 66.1 cm³/mol. The van der Waals surface area contributed by atoms with Crippen LogP contribution >= 0.6 is 0 Å². The molecule has 0 aromatic carbocycles. The Bertz CT molecular complexity index is 568. The second-order valence-corrected chi connectivity index (χ2v) is 6.95. The Kier molecular flexibility index (Phi) is 3.85. The first-order valence-electron chi connectivity index (χ1n) is 5.87. The molecule has 1 aliphatic heterocycles. The summed E-state index contributed by atoms with van der Waals surface area (Å²) in [7, 11) is -1.40. The van der Waals surface area contributed by atoms with Crippen LogP contribution in [0.4, 0.5) is 0 Å². The molecule has 8 nitrogen and oxygen atoms in total. The molecule has 1 atom stereocenters. The van der Waals surface area contributed by atoms with Crippen LogP contribution in [-0.4, -0.2) is 63.5 Å². The van der Waals surface area contributed by atoms with Crippen molar-refractivity contribution in [3.63, 3.8) is 0 Å². The molecule has 19 heavy (non-hydrogen) atoms. The van der Waals surface area contributed by atoms with Crippen LogP contribution in [0.5, 0.6) is 0 Å². The molecule has 2 heterocycles. The maximum absolute atomic E-state index is 11.6. The summed E-state index contributed by atoms with van der Waals surface area (Å²) < 4.78 is 24.7. The summed E-state index contributed by atoms with van der Waals surface area (Å²) in [6.07, 6.45) is 1.56. The van der Waals surface area contributed by atoms with Gasteiger partial charge in [-0.05, 0) is 0 Å². The van der Waals surface area contributed by atoms with E-state index in [1.54, 1.807) is 17.9 Å². The summed E-state index contributed by atoms with van der Waals surface area (Å²) in [5, 5.41) is 16.6. The van der Waals surface area contributed by atoms with Crippen LogP contribution in [-0.2, 0) is 28.2 Å². The normalized spacial score (nSPS) is 23.3. The number of rotatable bonds is 4. The van der Waals surface area contributed by atoms with Crippen molar-refractivity contribution >= 4 is 15.8 Å². The average molecular weight is 288 g/mol. The molecule has 0 amide bonds. The van der Waals surface area contributed by atoms with Crippen LogP contribution < -0.4 is 0 Å². The Morgan fingerprint density at radius 3 is 2.89 bits per heavy atom. The number of aliphatic carboxylic acids is 1. The highest BCUT2D eigenvalue weighted by molar-refractivity contribution is 7.91. The van der Waals surface area contributed by atoms with Crippen molar-refractivity contribution in [2.45, 2.75) is 19.0 Å². The maximum atomic E-state index is 11.6. The zero-order chi connectivity index (χ0) is 14.0. The molecule has 0 aliphatic carbocycles. The van der Waals surface area contributed by atoms with Gasteiger partial charge in [0.1, 0.15) is 0 Å². The minimum absolute atomic E-state index is 0.0589. The van der Waals surface area contributed by atoms with E-state index in [2.05, 4.69) is 10.3 Å². The number of aromatic nitrogens is 3. The van der Waals surface area contributed by atoms with E-state index in [-0.39, 0.29) is 17.9 Å². The highest BCUT2D eigenvalue weighted by Gasteiger charge is 2.32. The summed E-state index contributed by atoms with van der Waals surface area (Å²) in [5.74, 6) is -1.05. The van der Waals surface area contributed by atoms with E-state index in [4.69, 9.17) is 5.11 Å². The third-order valence-corrected chi connectivity index (χ3v) is 4.77. The van der Waals surface area contributed by atoms with Crippen molar-refractivity contribution in [1.29, 1.82) is 0 Å². The lowest BCUT2D eigenvalue weighted by molar-refractivity contribution is -0.138. The van der Waals surface area contributed by atoms with Gasteiger partial charge in [-0.25, -0.2) is 8.42 Å². The second-order valence-electron chi connectivity index (χ2n) is 4.72. The van der Waals surface area contributed by atoms with Crippen LogP contribution in [0, 0.1) is 0 Å². The summed E-state index contributed by atoms with van der Waals surface area (Å²) in [4.78, 5) is 12.7. The van der Waals surface area contributed by atoms with Crippen molar-refractivity contribution in [3.05, 3.63) is 11.9 Å². The minimum Gasteiger partial charge on any atom is -0.481 e. The third kappa shape index (κ3) is 3.74. The molecule has 0 radical (unpaired) electrons. The number of aryl methyl sites for hydroxylation is 1. The van der Waals surface area contributed by atoms with Crippen LogP contribution in [0.3, 0.4) is 0 Å². The number of hydrogen-bond acceptors (Lipinski definition) is 6. The molecule has 9 heteroatoms. The van der Waals surface area contributed by atoms with Gasteiger partial charge in [0.15, 0.2) is 9.84 Å². The number of carbonyl (C=O) groups is 1. The fourth-order valence-corrected chi connectivity index (χ4v) is 3.79. The van der Waals surface area contributed by atoms with E-state index in [0.29, 0.717) is 18.8 Å². The van der Waals surface area contributed by atoms with Gasteiger partial charge in [-0.1, -0.05) is 5.21 Å². The Labute approximate surface area is 110 Å². The molecular weight excluding hydrogens is 272 g/mol. The zero-order valence-electron chi connectivity index (χ0n) is 10.6. The molecule has 1 unspecified atom stereocenters. The van der Waals surface area contributed by atoms with E-state index in [1.165, 1.54) is 0 Å². The molecule has 1 aliphatic rings. The van der Waals surface area contributed by atoms with E-state index in [1.807, 2.05) is 4.90 Å². The third-order valence-electron chi connectivity index (χ3n) is 3.08. The fourth-order valence-electron chi connectivity index (χ4n) is 2.19. The number of hydrogen-bond donors (Lipinski definition) is 1. The molecule has 1 fully saturated rings. The standard InChI is InChI=1S/C10H16N4O4S/c1-13-5-8(11-12-13)6-14-2-3-19(17,18)7-9(14)4-10(15)16/h5,9H,2-4,6-7H2,1H3,(H,15,16). The number of nitrogens with zero attached hydrogens (tertiary/aromatic N) is 4. The lowest BCUT2D eigenvalue weighted by Gasteiger charge is -2.33. The number of carboxylic acid groups (broad SMARTS) is 1. The van der Waals surface area contributed by atoms with Crippen LogP contribution in [0.2, 0.25) is 0 Å². The first kappa shape index (κ1) is 13.9. The molecule has 0 saturated carbocycles. The van der Waals surface area contributed by atoms with Gasteiger partial charge in [-0.2, -0.15) is 0 Å². The topological polar surface area (TPSA) is 105 Å². The Morgan fingerprint density at radius 2 is 2.32 bits per heavy atom. The van der Waals surface area contributed by atoms with Crippen molar-refractivity contribution in [2.24, 2.45) is 7.05 Å². The van der Waals surface area contributed by atoms with Crippen molar-refractivity contribution in [3.8, 4) is 0 Å². The largest absolute Gasteiger partial charge is 0.481 e. The van der Waals surface area contributed by atoms with E-state index in [0.717, 1.165) is 0 Å². The molecule has 0 bridgehead atoms. The second kappa shape index (κ2) is 5.25. The van der Waals surface area contributed by atoms with Crippen LogP contribution in [0.1, 0.15) is 12.1 Å². The van der Waals surface area contributed by atoms with Gasteiger partial charge < -0.3 is 5.11 Å². The van der Waals surface area contributed by atoms with Gasteiger partial charge in [0, 0.05) is 32.4 Å². The minimum atomic E-state index is -3.14. The van der Waals surface area contributed by atoms with E-state index < -0.39 is 21.8 Å². The smallest absolute Gasteiger partial charge is 0.304 e. The maximum Gasteiger partial charge on any atom is 0.304 e. The average Bonchev–Trinajstić information content (AvgIpc) is 2.67. The fraction of sp³-hybridized carbons (Fsp3) is 0.700. The van der Waals surface area contributed by atoms with Gasteiger partial charge in [0.05, 0.1) is 23.6 Å². The molecule has 0 spiro atoms. The van der Waals surface area contributed by atoms with Crippen molar-refractivity contribution < 1.29 is 18.3 Å². The van der Waals surface area contributed by atoms with Crippen LogP contribution in [0.15, 0.2) is 6.20 Å². The molecule has 1 aromatic rings. The van der Waals surface area contributed by atoms with Crippen molar-refractivity contribution in [2.75, 3.05) is 18.1 Å². The summed E-state index contributed by atoms with van der Waals surface area (Å²) in [5.41, 5.74) is 0.706. The highest BCUT2D eigenvalue weighted by Crippen LogP contribution is 2.17. The Balaban J connectivity index is 2.10. The molecule has 1 N–H and O–H groups in total. The molecule has 106 valence electrons. The van der Waals surface area contributed by atoms with Gasteiger partial charge in [0.25, 0.3) is 0 Å².